The third kappa shape index (κ3) is 1.45. The molecule has 0 saturated carbocycles. The van der Waals surface area contributed by atoms with Crippen molar-refractivity contribution in [1.29, 1.82) is 0 Å². The van der Waals surface area contributed by atoms with Crippen LogP contribution < -0.4 is 0 Å². The van der Waals surface area contributed by atoms with Gasteiger partial charge in [-0.05, 0) is 42.7 Å². The summed E-state index contributed by atoms with van der Waals surface area (Å²) >= 11 is 0. The molecule has 0 nitrogen and oxygen atoms in total. The lowest BCUT2D eigenvalue weighted by atomic mass is 9.71. The lowest BCUT2D eigenvalue weighted by Crippen LogP contribution is -2.26. The molecule has 2 aliphatic rings. The van der Waals surface area contributed by atoms with Crippen LogP contribution in [-0.2, 0) is 12.8 Å². The van der Waals surface area contributed by atoms with E-state index < -0.39 is 0 Å². The maximum absolute atomic E-state index is 2.38. The van der Waals surface area contributed by atoms with Crippen molar-refractivity contribution >= 4 is 0 Å². The number of allylic oxidation sites excluding steroid dienone is 4. The molecule has 3 rings (SSSR count). The van der Waals surface area contributed by atoms with E-state index in [-0.39, 0.29) is 0 Å². The van der Waals surface area contributed by atoms with Crippen molar-refractivity contribution in [1.82, 2.24) is 0 Å². The van der Waals surface area contributed by atoms with Gasteiger partial charge in [-0.2, -0.15) is 0 Å². The van der Waals surface area contributed by atoms with E-state index in [1.54, 1.807) is 16.7 Å². The molecule has 0 saturated heterocycles. The van der Waals surface area contributed by atoms with E-state index >= 15 is 0 Å². The van der Waals surface area contributed by atoms with Crippen LogP contribution in [0, 0.1) is 11.8 Å². The van der Waals surface area contributed by atoms with Gasteiger partial charge in [0.15, 0.2) is 0 Å². The highest BCUT2D eigenvalue weighted by Gasteiger charge is 2.28. The molecule has 0 fully saturated rings. The van der Waals surface area contributed by atoms with Crippen molar-refractivity contribution in [2.75, 3.05) is 0 Å². The molecule has 2 unspecified atom stereocenters. The monoisotopic (exact) mass is 196 g/mol. The zero-order valence-electron chi connectivity index (χ0n) is 9.11. The van der Waals surface area contributed by atoms with Crippen molar-refractivity contribution in [3.63, 3.8) is 0 Å². The molecule has 76 valence electrons. The lowest BCUT2D eigenvalue weighted by Gasteiger charge is -2.33. The van der Waals surface area contributed by atoms with E-state index in [9.17, 15) is 0 Å². The molecule has 0 heterocycles. The van der Waals surface area contributed by atoms with Crippen LogP contribution in [0.3, 0.4) is 0 Å². The van der Waals surface area contributed by atoms with Crippen LogP contribution in [0.15, 0.2) is 48.1 Å². The second-order valence-corrected chi connectivity index (χ2v) is 4.74. The second kappa shape index (κ2) is 3.37. The van der Waals surface area contributed by atoms with Gasteiger partial charge in [-0.3, -0.25) is 0 Å². The van der Waals surface area contributed by atoms with Crippen LogP contribution in [0.25, 0.3) is 0 Å². The molecular formula is C15H16. The molecule has 0 heteroatoms. The van der Waals surface area contributed by atoms with Gasteiger partial charge in [-0.15, -0.1) is 0 Å². The average molecular weight is 196 g/mol. The van der Waals surface area contributed by atoms with Crippen molar-refractivity contribution in [2.24, 2.45) is 11.8 Å². The number of benzene rings is 1. The van der Waals surface area contributed by atoms with E-state index in [0.29, 0.717) is 0 Å². The Kier molecular flexibility index (Phi) is 2.02. The van der Waals surface area contributed by atoms with Gasteiger partial charge in [-0.1, -0.05) is 48.1 Å². The minimum Gasteiger partial charge on any atom is -0.0805 e. The molecule has 0 bridgehead atoms. The van der Waals surface area contributed by atoms with E-state index in [0.717, 1.165) is 11.8 Å². The molecule has 2 atom stereocenters. The van der Waals surface area contributed by atoms with Crippen molar-refractivity contribution in [3.05, 3.63) is 59.2 Å². The van der Waals surface area contributed by atoms with Crippen LogP contribution in [0.5, 0.6) is 0 Å². The summed E-state index contributed by atoms with van der Waals surface area (Å²) in [6.45, 7) is 2.27. The first-order chi connectivity index (χ1) is 7.34. The van der Waals surface area contributed by atoms with Gasteiger partial charge in [0.25, 0.3) is 0 Å². The van der Waals surface area contributed by atoms with Gasteiger partial charge < -0.3 is 0 Å². The summed E-state index contributed by atoms with van der Waals surface area (Å²) in [5, 5.41) is 0. The number of rotatable bonds is 0. The van der Waals surface area contributed by atoms with E-state index in [2.05, 4.69) is 49.4 Å². The van der Waals surface area contributed by atoms with Crippen molar-refractivity contribution < 1.29 is 0 Å². The molecule has 1 aromatic carbocycles. The Morgan fingerprint density at radius 3 is 2.60 bits per heavy atom. The van der Waals surface area contributed by atoms with Crippen LogP contribution in [-0.4, -0.2) is 0 Å². The van der Waals surface area contributed by atoms with Gasteiger partial charge in [-0.25, -0.2) is 0 Å². The van der Waals surface area contributed by atoms with Gasteiger partial charge in [0.1, 0.15) is 0 Å². The van der Waals surface area contributed by atoms with Gasteiger partial charge in [0.2, 0.25) is 0 Å². The molecule has 0 amide bonds. The topological polar surface area (TPSA) is 0 Å². The molecule has 15 heavy (non-hydrogen) atoms. The highest BCUT2D eigenvalue weighted by molar-refractivity contribution is 5.36. The summed E-state index contributed by atoms with van der Waals surface area (Å²) in [6, 6.07) is 8.90. The maximum atomic E-state index is 2.38. The Balaban J connectivity index is 2.01. The van der Waals surface area contributed by atoms with Gasteiger partial charge in [0.05, 0.1) is 0 Å². The average Bonchev–Trinajstić information content (AvgIpc) is 2.27. The summed E-state index contributed by atoms with van der Waals surface area (Å²) in [7, 11) is 0. The zero-order valence-corrected chi connectivity index (χ0v) is 9.11. The number of fused-ring (bicyclic) bond motifs is 2. The van der Waals surface area contributed by atoms with E-state index in [1.165, 1.54) is 12.8 Å². The third-order valence-electron chi connectivity index (χ3n) is 3.83. The fourth-order valence-electron chi connectivity index (χ4n) is 2.91. The molecule has 0 aromatic heterocycles. The zero-order chi connectivity index (χ0) is 10.3. The summed E-state index contributed by atoms with van der Waals surface area (Å²) < 4.78 is 0. The molecule has 2 aliphatic carbocycles. The van der Waals surface area contributed by atoms with Crippen LogP contribution in [0.2, 0.25) is 0 Å². The smallest absolute Gasteiger partial charge is 0.00960 e. The Labute approximate surface area is 91.3 Å². The van der Waals surface area contributed by atoms with Crippen LogP contribution >= 0.6 is 0 Å². The van der Waals surface area contributed by atoms with E-state index in [4.69, 9.17) is 0 Å². The minimum absolute atomic E-state index is 0.741. The quantitative estimate of drug-likeness (QED) is 0.595. The summed E-state index contributed by atoms with van der Waals surface area (Å²) in [6.07, 6.45) is 9.34. The first kappa shape index (κ1) is 8.96. The Morgan fingerprint density at radius 2 is 1.80 bits per heavy atom. The highest BCUT2D eigenvalue weighted by atomic mass is 14.3. The van der Waals surface area contributed by atoms with Gasteiger partial charge >= 0.3 is 0 Å². The normalized spacial score (nSPS) is 27.9. The molecule has 0 radical (unpaired) electrons. The number of hydrogen-bond donors (Lipinski definition) is 0. The van der Waals surface area contributed by atoms with Crippen molar-refractivity contribution in [2.45, 2.75) is 19.8 Å². The summed E-state index contributed by atoms with van der Waals surface area (Å²) in [5.74, 6) is 1.50. The van der Waals surface area contributed by atoms with Crippen LogP contribution in [0.4, 0.5) is 0 Å². The predicted molar refractivity (Wildman–Crippen MR) is 63.7 cm³/mol. The van der Waals surface area contributed by atoms with E-state index in [1.807, 2.05) is 0 Å². The Morgan fingerprint density at radius 1 is 1.07 bits per heavy atom. The van der Waals surface area contributed by atoms with Crippen LogP contribution in [0.1, 0.15) is 18.1 Å². The molecule has 0 spiro atoms. The fourth-order valence-corrected chi connectivity index (χ4v) is 2.91. The molecule has 1 aromatic rings. The molecule has 0 aliphatic heterocycles. The third-order valence-corrected chi connectivity index (χ3v) is 3.83. The molecular weight excluding hydrogens is 180 g/mol. The predicted octanol–water partition coefficient (Wildman–Crippen LogP) is 3.53. The first-order valence-electron chi connectivity index (χ1n) is 5.76. The standard InChI is InChI=1S/C15H16/c1-11-5-4-8-14-9-12-6-2-3-7-13(12)10-15(11)14/h2-8,14-15H,9-10H2,1H3. The second-order valence-electron chi connectivity index (χ2n) is 4.74. The first-order valence-corrected chi connectivity index (χ1v) is 5.76. The Bertz CT molecular complexity index is 437. The number of hydrogen-bond acceptors (Lipinski definition) is 0. The largest absolute Gasteiger partial charge is 0.0805 e. The summed E-state index contributed by atoms with van der Waals surface area (Å²) in [5.41, 5.74) is 4.66. The SMILES string of the molecule is CC1=CC=CC2Cc3ccccc3CC12. The maximum Gasteiger partial charge on any atom is -0.00960 e. The lowest BCUT2D eigenvalue weighted by molar-refractivity contribution is 0.416. The molecule has 0 N–H and O–H groups in total. The van der Waals surface area contributed by atoms with Crippen molar-refractivity contribution in [3.8, 4) is 0 Å². The Hall–Kier alpha value is -1.30. The highest BCUT2D eigenvalue weighted by Crippen LogP contribution is 2.37. The summed E-state index contributed by atoms with van der Waals surface area (Å²) in [4.78, 5) is 0. The minimum atomic E-state index is 0.741. The fraction of sp³-hybridized carbons (Fsp3) is 0.333. The van der Waals surface area contributed by atoms with Gasteiger partial charge in [0, 0.05) is 0 Å².